The highest BCUT2D eigenvalue weighted by Crippen LogP contribution is 2.25. The van der Waals surface area contributed by atoms with E-state index in [0.29, 0.717) is 18.5 Å². The van der Waals surface area contributed by atoms with Crippen LogP contribution >= 0.6 is 0 Å². The minimum Gasteiger partial charge on any atom is -0.371 e. The minimum absolute atomic E-state index is 0.0788. The van der Waals surface area contributed by atoms with E-state index in [4.69, 9.17) is 4.74 Å². The summed E-state index contributed by atoms with van der Waals surface area (Å²) >= 11 is 0. The molecule has 1 N–H and O–H groups in total. The Balaban J connectivity index is 2.55. The number of hydrogen-bond donors (Lipinski definition) is 1. The molecule has 1 heterocycles. The van der Waals surface area contributed by atoms with Crippen LogP contribution in [-0.2, 0) is 4.74 Å². The maximum absolute atomic E-state index is 12.1. The molecule has 1 unspecified atom stereocenters. The Morgan fingerprint density at radius 2 is 1.90 bits per heavy atom. The molecule has 0 saturated carbocycles. The Labute approximate surface area is 126 Å². The van der Waals surface area contributed by atoms with Gasteiger partial charge in [0, 0.05) is 31.2 Å². The van der Waals surface area contributed by atoms with Crippen molar-refractivity contribution in [3.05, 3.63) is 0 Å². The van der Waals surface area contributed by atoms with Crippen molar-refractivity contribution in [2.24, 2.45) is 5.92 Å². The third kappa shape index (κ3) is 5.75. The van der Waals surface area contributed by atoms with Crippen LogP contribution in [0, 0.1) is 5.92 Å². The SMILES string of the molecule is CCC1(CC)CN(CCOCC(F)(F)F)C(C(C)C)CN1. The van der Waals surface area contributed by atoms with Crippen LogP contribution in [0.15, 0.2) is 0 Å². The number of ether oxygens (including phenoxy) is 1. The third-order valence-corrected chi connectivity index (χ3v) is 4.57. The van der Waals surface area contributed by atoms with Crippen molar-refractivity contribution >= 4 is 0 Å². The summed E-state index contributed by atoms with van der Waals surface area (Å²) in [6, 6.07) is 0.353. The Morgan fingerprint density at radius 1 is 1.29 bits per heavy atom. The van der Waals surface area contributed by atoms with E-state index in [1.54, 1.807) is 0 Å². The lowest BCUT2D eigenvalue weighted by Crippen LogP contribution is -2.65. The van der Waals surface area contributed by atoms with Crippen LogP contribution in [0.25, 0.3) is 0 Å². The number of piperazine rings is 1. The predicted octanol–water partition coefficient (Wildman–Crippen LogP) is 3.05. The van der Waals surface area contributed by atoms with Gasteiger partial charge in [-0.1, -0.05) is 27.7 Å². The summed E-state index contributed by atoms with van der Waals surface area (Å²) in [5.41, 5.74) is 0.0788. The molecule has 0 spiro atoms. The number of nitrogens with zero attached hydrogens (tertiary/aromatic N) is 1. The quantitative estimate of drug-likeness (QED) is 0.732. The largest absolute Gasteiger partial charge is 0.411 e. The van der Waals surface area contributed by atoms with Crippen molar-refractivity contribution in [2.45, 2.75) is 58.3 Å². The first-order valence-corrected chi connectivity index (χ1v) is 7.86. The first kappa shape index (κ1) is 18.7. The average molecular weight is 310 g/mol. The molecule has 0 aromatic rings. The molecule has 3 nitrogen and oxygen atoms in total. The van der Waals surface area contributed by atoms with E-state index in [0.717, 1.165) is 25.9 Å². The molecule has 0 amide bonds. The van der Waals surface area contributed by atoms with Gasteiger partial charge in [-0.15, -0.1) is 0 Å². The summed E-state index contributed by atoms with van der Waals surface area (Å²) < 4.78 is 41.1. The summed E-state index contributed by atoms with van der Waals surface area (Å²) in [7, 11) is 0. The van der Waals surface area contributed by atoms with E-state index in [1.807, 2.05) is 0 Å². The third-order valence-electron chi connectivity index (χ3n) is 4.57. The van der Waals surface area contributed by atoms with Gasteiger partial charge < -0.3 is 10.1 Å². The molecule has 1 saturated heterocycles. The molecular formula is C15H29F3N2O. The maximum Gasteiger partial charge on any atom is 0.411 e. The van der Waals surface area contributed by atoms with Gasteiger partial charge in [-0.25, -0.2) is 0 Å². The van der Waals surface area contributed by atoms with Crippen molar-refractivity contribution in [3.8, 4) is 0 Å². The number of alkyl halides is 3. The van der Waals surface area contributed by atoms with E-state index >= 15 is 0 Å². The minimum atomic E-state index is -4.24. The van der Waals surface area contributed by atoms with Gasteiger partial charge in [0.25, 0.3) is 0 Å². The van der Waals surface area contributed by atoms with Gasteiger partial charge in [-0.3, -0.25) is 4.90 Å². The zero-order valence-electron chi connectivity index (χ0n) is 13.6. The summed E-state index contributed by atoms with van der Waals surface area (Å²) in [6.45, 7) is 9.92. The molecule has 0 radical (unpaired) electrons. The highest BCUT2D eigenvalue weighted by molar-refractivity contribution is 4.97. The molecule has 0 aromatic carbocycles. The van der Waals surface area contributed by atoms with Crippen LogP contribution in [-0.4, -0.2) is 55.5 Å². The number of hydrogen-bond acceptors (Lipinski definition) is 3. The van der Waals surface area contributed by atoms with Crippen LogP contribution < -0.4 is 5.32 Å². The van der Waals surface area contributed by atoms with Crippen LogP contribution in [0.1, 0.15) is 40.5 Å². The highest BCUT2D eigenvalue weighted by atomic mass is 19.4. The van der Waals surface area contributed by atoms with Gasteiger partial charge in [0.2, 0.25) is 0 Å². The molecule has 126 valence electrons. The second kappa shape index (κ2) is 7.79. The van der Waals surface area contributed by atoms with Gasteiger partial charge in [-0.2, -0.15) is 13.2 Å². The first-order chi connectivity index (χ1) is 9.73. The molecule has 1 fully saturated rings. The van der Waals surface area contributed by atoms with Gasteiger partial charge in [0.1, 0.15) is 6.61 Å². The van der Waals surface area contributed by atoms with Crippen LogP contribution in [0.5, 0.6) is 0 Å². The fourth-order valence-electron chi connectivity index (χ4n) is 3.01. The average Bonchev–Trinajstić information content (AvgIpc) is 2.42. The topological polar surface area (TPSA) is 24.5 Å². The summed E-state index contributed by atoms with van der Waals surface area (Å²) in [4.78, 5) is 2.30. The molecule has 6 heteroatoms. The first-order valence-electron chi connectivity index (χ1n) is 7.86. The predicted molar refractivity (Wildman–Crippen MR) is 78.4 cm³/mol. The normalized spacial score (nSPS) is 23.7. The molecule has 0 bridgehead atoms. The lowest BCUT2D eigenvalue weighted by Gasteiger charge is -2.49. The number of nitrogens with one attached hydrogen (secondary N) is 1. The van der Waals surface area contributed by atoms with Gasteiger partial charge >= 0.3 is 6.18 Å². The molecule has 1 atom stereocenters. The number of rotatable bonds is 7. The van der Waals surface area contributed by atoms with Crippen molar-refractivity contribution in [3.63, 3.8) is 0 Å². The van der Waals surface area contributed by atoms with Crippen molar-refractivity contribution < 1.29 is 17.9 Å². The Kier molecular flexibility index (Phi) is 6.94. The molecule has 1 aliphatic heterocycles. The van der Waals surface area contributed by atoms with Gasteiger partial charge in [0.15, 0.2) is 0 Å². The van der Waals surface area contributed by atoms with E-state index in [-0.39, 0.29) is 12.1 Å². The van der Waals surface area contributed by atoms with Crippen molar-refractivity contribution in [1.82, 2.24) is 10.2 Å². The van der Waals surface area contributed by atoms with Gasteiger partial charge in [-0.05, 0) is 18.8 Å². The van der Waals surface area contributed by atoms with E-state index in [1.165, 1.54) is 0 Å². The lowest BCUT2D eigenvalue weighted by molar-refractivity contribution is -0.175. The second-order valence-electron chi connectivity index (χ2n) is 6.32. The zero-order valence-corrected chi connectivity index (χ0v) is 13.6. The fraction of sp³-hybridized carbons (Fsp3) is 1.00. The monoisotopic (exact) mass is 310 g/mol. The summed E-state index contributed by atoms with van der Waals surface area (Å²) in [6.07, 6.45) is -2.19. The van der Waals surface area contributed by atoms with Crippen LogP contribution in [0.4, 0.5) is 13.2 Å². The summed E-state index contributed by atoms with van der Waals surface area (Å²) in [5, 5.41) is 3.65. The molecule has 0 aliphatic carbocycles. The van der Waals surface area contributed by atoms with E-state index in [2.05, 4.69) is 37.9 Å². The fourth-order valence-corrected chi connectivity index (χ4v) is 3.01. The lowest BCUT2D eigenvalue weighted by atomic mass is 9.86. The summed E-state index contributed by atoms with van der Waals surface area (Å²) in [5.74, 6) is 0.465. The zero-order chi connectivity index (χ0) is 16.1. The Hall–Kier alpha value is -0.330. The van der Waals surface area contributed by atoms with Crippen molar-refractivity contribution in [2.75, 3.05) is 32.8 Å². The maximum atomic E-state index is 12.1. The van der Waals surface area contributed by atoms with E-state index in [9.17, 15) is 13.2 Å². The van der Waals surface area contributed by atoms with E-state index < -0.39 is 12.8 Å². The van der Waals surface area contributed by atoms with Crippen LogP contribution in [0.2, 0.25) is 0 Å². The van der Waals surface area contributed by atoms with Gasteiger partial charge in [0.05, 0.1) is 6.61 Å². The Morgan fingerprint density at radius 3 is 2.38 bits per heavy atom. The Bertz CT molecular complexity index is 304. The molecule has 1 rings (SSSR count). The second-order valence-corrected chi connectivity index (χ2v) is 6.32. The molecule has 21 heavy (non-hydrogen) atoms. The number of halogens is 3. The molecular weight excluding hydrogens is 281 g/mol. The van der Waals surface area contributed by atoms with Crippen molar-refractivity contribution in [1.29, 1.82) is 0 Å². The van der Waals surface area contributed by atoms with Crippen LogP contribution in [0.3, 0.4) is 0 Å². The smallest absolute Gasteiger partial charge is 0.371 e. The standard InChI is InChI=1S/C15H29F3N2O/c1-5-14(6-2)10-20(13(9-19-14)12(3)4)7-8-21-11-15(16,17)18/h12-13,19H,5-11H2,1-4H3. The molecule has 0 aromatic heterocycles. The highest BCUT2D eigenvalue weighted by Gasteiger charge is 2.37. The molecule has 1 aliphatic rings.